The van der Waals surface area contributed by atoms with Crippen LogP contribution in [0.2, 0.25) is 0 Å². The molecule has 0 aromatic rings. The molecule has 3 N–H and O–H groups in total. The second-order valence-electron chi connectivity index (χ2n) is 2.40. The lowest BCUT2D eigenvalue weighted by molar-refractivity contribution is 0.0383. The summed E-state index contributed by atoms with van der Waals surface area (Å²) in [4.78, 5) is 0. The standard InChI is InChI=1S/C5H12N2O/c1-5(6)4-8-3-2-7-5/h7H,2-4,6H2,1H3. The molecule has 3 nitrogen and oxygen atoms in total. The van der Waals surface area contributed by atoms with Crippen LogP contribution in [0.5, 0.6) is 0 Å². The van der Waals surface area contributed by atoms with E-state index in [0.717, 1.165) is 13.2 Å². The zero-order valence-corrected chi connectivity index (χ0v) is 5.11. The predicted octanol–water partition coefficient (Wildman–Crippen LogP) is -0.719. The normalized spacial score (nSPS) is 39.8. The smallest absolute Gasteiger partial charge is 0.0874 e. The van der Waals surface area contributed by atoms with Gasteiger partial charge in [0, 0.05) is 6.54 Å². The monoisotopic (exact) mass is 116 g/mol. The predicted molar refractivity (Wildman–Crippen MR) is 31.4 cm³/mol. The maximum atomic E-state index is 5.64. The van der Waals surface area contributed by atoms with E-state index in [1.54, 1.807) is 0 Å². The lowest BCUT2D eigenvalue weighted by atomic mass is 10.2. The molecule has 0 bridgehead atoms. The third-order valence-electron chi connectivity index (χ3n) is 1.18. The first-order valence-electron chi connectivity index (χ1n) is 2.82. The Balaban J connectivity index is 2.33. The highest BCUT2D eigenvalue weighted by molar-refractivity contribution is 4.77. The summed E-state index contributed by atoms with van der Waals surface area (Å²) in [5.74, 6) is 0. The van der Waals surface area contributed by atoms with E-state index in [1.807, 2.05) is 6.92 Å². The number of hydrogen-bond donors (Lipinski definition) is 2. The maximum Gasteiger partial charge on any atom is 0.0874 e. The number of rotatable bonds is 0. The Hall–Kier alpha value is -0.120. The topological polar surface area (TPSA) is 47.3 Å². The van der Waals surface area contributed by atoms with Gasteiger partial charge in [-0.2, -0.15) is 0 Å². The molecule has 1 unspecified atom stereocenters. The minimum Gasteiger partial charge on any atom is -0.377 e. The second kappa shape index (κ2) is 2.01. The Bertz CT molecular complexity index is 74.5. The van der Waals surface area contributed by atoms with E-state index in [1.165, 1.54) is 0 Å². The summed E-state index contributed by atoms with van der Waals surface area (Å²) in [5.41, 5.74) is 5.35. The Labute approximate surface area is 49.2 Å². The lowest BCUT2D eigenvalue weighted by Crippen LogP contribution is -2.58. The Morgan fingerprint density at radius 1 is 1.75 bits per heavy atom. The molecule has 1 aliphatic heterocycles. The average molecular weight is 116 g/mol. The van der Waals surface area contributed by atoms with Crippen LogP contribution in [0.4, 0.5) is 0 Å². The van der Waals surface area contributed by atoms with E-state index < -0.39 is 0 Å². The van der Waals surface area contributed by atoms with E-state index in [9.17, 15) is 0 Å². The molecule has 1 rings (SSSR count). The summed E-state index contributed by atoms with van der Waals surface area (Å²) in [6, 6.07) is 0. The quantitative estimate of drug-likeness (QED) is 0.439. The second-order valence-corrected chi connectivity index (χ2v) is 2.40. The van der Waals surface area contributed by atoms with Crippen molar-refractivity contribution in [2.45, 2.75) is 12.6 Å². The van der Waals surface area contributed by atoms with Gasteiger partial charge in [0.05, 0.1) is 18.9 Å². The molecule has 1 fully saturated rings. The lowest BCUT2D eigenvalue weighted by Gasteiger charge is -2.30. The molecule has 3 heteroatoms. The number of nitrogens with one attached hydrogen (secondary N) is 1. The van der Waals surface area contributed by atoms with Gasteiger partial charge >= 0.3 is 0 Å². The maximum absolute atomic E-state index is 5.64. The van der Waals surface area contributed by atoms with Crippen molar-refractivity contribution in [3.05, 3.63) is 0 Å². The Morgan fingerprint density at radius 3 is 2.75 bits per heavy atom. The third kappa shape index (κ3) is 1.43. The molecule has 0 aromatic carbocycles. The van der Waals surface area contributed by atoms with Gasteiger partial charge in [-0.1, -0.05) is 0 Å². The zero-order valence-electron chi connectivity index (χ0n) is 5.11. The average Bonchev–Trinajstić information content (AvgIpc) is 1.65. The van der Waals surface area contributed by atoms with Gasteiger partial charge in [-0.3, -0.25) is 5.32 Å². The van der Waals surface area contributed by atoms with Crippen LogP contribution < -0.4 is 11.1 Å². The summed E-state index contributed by atoms with van der Waals surface area (Å²) in [7, 11) is 0. The summed E-state index contributed by atoms with van der Waals surface area (Å²) < 4.78 is 5.10. The third-order valence-corrected chi connectivity index (χ3v) is 1.18. The molecular formula is C5H12N2O. The molecule has 1 saturated heterocycles. The van der Waals surface area contributed by atoms with Crippen LogP contribution in [-0.2, 0) is 4.74 Å². The van der Waals surface area contributed by atoms with Crippen molar-refractivity contribution in [1.29, 1.82) is 0 Å². The highest BCUT2D eigenvalue weighted by Gasteiger charge is 2.20. The van der Waals surface area contributed by atoms with Crippen molar-refractivity contribution in [1.82, 2.24) is 5.32 Å². The zero-order chi connectivity index (χ0) is 6.04. The van der Waals surface area contributed by atoms with Gasteiger partial charge in [-0.25, -0.2) is 0 Å². The van der Waals surface area contributed by atoms with Gasteiger partial charge < -0.3 is 10.5 Å². The van der Waals surface area contributed by atoms with Crippen molar-refractivity contribution in [3.8, 4) is 0 Å². The van der Waals surface area contributed by atoms with E-state index in [2.05, 4.69) is 5.32 Å². The first kappa shape index (κ1) is 6.01. The van der Waals surface area contributed by atoms with Crippen LogP contribution >= 0.6 is 0 Å². The van der Waals surface area contributed by atoms with Crippen LogP contribution in [0.25, 0.3) is 0 Å². The van der Waals surface area contributed by atoms with Gasteiger partial charge in [0.15, 0.2) is 0 Å². The van der Waals surface area contributed by atoms with Crippen LogP contribution in [0.1, 0.15) is 6.92 Å². The molecule has 1 atom stereocenters. The Morgan fingerprint density at radius 2 is 2.50 bits per heavy atom. The SMILES string of the molecule is CC1(N)COCCN1. The van der Waals surface area contributed by atoms with Crippen LogP contribution in [-0.4, -0.2) is 25.4 Å². The number of hydrogen-bond acceptors (Lipinski definition) is 3. The summed E-state index contributed by atoms with van der Waals surface area (Å²) in [6.07, 6.45) is 0. The highest BCUT2D eigenvalue weighted by atomic mass is 16.5. The van der Waals surface area contributed by atoms with Crippen LogP contribution in [0.3, 0.4) is 0 Å². The molecule has 0 aliphatic carbocycles. The molecule has 0 amide bonds. The minimum atomic E-state index is -0.293. The van der Waals surface area contributed by atoms with E-state index in [-0.39, 0.29) is 5.66 Å². The molecule has 0 spiro atoms. The molecule has 1 aliphatic rings. The fraction of sp³-hybridized carbons (Fsp3) is 1.00. The molecule has 1 heterocycles. The first-order chi connectivity index (χ1) is 3.71. The first-order valence-corrected chi connectivity index (χ1v) is 2.82. The summed E-state index contributed by atoms with van der Waals surface area (Å²) >= 11 is 0. The van der Waals surface area contributed by atoms with Gasteiger partial charge in [0.2, 0.25) is 0 Å². The largest absolute Gasteiger partial charge is 0.377 e. The molecule has 0 radical (unpaired) electrons. The van der Waals surface area contributed by atoms with E-state index >= 15 is 0 Å². The van der Waals surface area contributed by atoms with Gasteiger partial charge in [0.25, 0.3) is 0 Å². The van der Waals surface area contributed by atoms with Crippen LogP contribution in [0, 0.1) is 0 Å². The summed E-state index contributed by atoms with van der Waals surface area (Å²) in [6.45, 7) is 4.19. The summed E-state index contributed by atoms with van der Waals surface area (Å²) in [5, 5.41) is 3.11. The van der Waals surface area contributed by atoms with Gasteiger partial charge in [0.1, 0.15) is 0 Å². The van der Waals surface area contributed by atoms with Crippen molar-refractivity contribution in [3.63, 3.8) is 0 Å². The fourth-order valence-corrected chi connectivity index (χ4v) is 0.744. The van der Waals surface area contributed by atoms with Crippen LogP contribution in [0.15, 0.2) is 0 Å². The van der Waals surface area contributed by atoms with E-state index in [0.29, 0.717) is 6.61 Å². The molecule has 0 saturated carbocycles. The Kier molecular flexibility index (Phi) is 1.51. The van der Waals surface area contributed by atoms with Crippen molar-refractivity contribution in [2.24, 2.45) is 5.73 Å². The van der Waals surface area contributed by atoms with E-state index in [4.69, 9.17) is 10.5 Å². The molecule has 48 valence electrons. The number of nitrogens with two attached hydrogens (primary N) is 1. The van der Waals surface area contributed by atoms with Gasteiger partial charge in [-0.05, 0) is 6.92 Å². The minimum absolute atomic E-state index is 0.293. The molecular weight excluding hydrogens is 104 g/mol. The van der Waals surface area contributed by atoms with Gasteiger partial charge in [-0.15, -0.1) is 0 Å². The number of morpholine rings is 1. The molecule has 0 aromatic heterocycles. The number of ether oxygens (including phenoxy) is 1. The molecule has 8 heavy (non-hydrogen) atoms. The van der Waals surface area contributed by atoms with Crippen molar-refractivity contribution >= 4 is 0 Å². The highest BCUT2D eigenvalue weighted by Crippen LogP contribution is 1.98. The van der Waals surface area contributed by atoms with Crippen molar-refractivity contribution in [2.75, 3.05) is 19.8 Å². The van der Waals surface area contributed by atoms with Crippen molar-refractivity contribution < 1.29 is 4.74 Å². The fourth-order valence-electron chi connectivity index (χ4n) is 0.744.